The van der Waals surface area contributed by atoms with Crippen molar-refractivity contribution >= 4 is 23.2 Å². The zero-order valence-electron chi connectivity index (χ0n) is 14.5. The number of hydrogen-bond donors (Lipinski definition) is 1. The minimum atomic E-state index is -1.12. The van der Waals surface area contributed by atoms with Gasteiger partial charge in [0.25, 0.3) is 5.78 Å². The van der Waals surface area contributed by atoms with Crippen LogP contribution >= 0.6 is 0 Å². The van der Waals surface area contributed by atoms with Gasteiger partial charge < -0.3 is 14.6 Å². The summed E-state index contributed by atoms with van der Waals surface area (Å²) >= 11 is 0. The summed E-state index contributed by atoms with van der Waals surface area (Å²) in [6, 6.07) is 12.8. The van der Waals surface area contributed by atoms with Gasteiger partial charge >= 0.3 is 11.7 Å². The van der Waals surface area contributed by atoms with E-state index in [9.17, 15) is 24.8 Å². The molecule has 8 nitrogen and oxygen atoms in total. The van der Waals surface area contributed by atoms with E-state index < -0.39 is 22.4 Å². The Morgan fingerprint density at radius 2 is 1.89 bits per heavy atom. The highest BCUT2D eigenvalue weighted by Crippen LogP contribution is 2.30. The molecule has 0 aliphatic rings. The monoisotopic (exact) mass is 371 g/mol. The molecular formula is C19H17NO7. The van der Waals surface area contributed by atoms with E-state index in [-0.39, 0.29) is 30.2 Å². The second-order valence-electron chi connectivity index (χ2n) is 5.33. The lowest BCUT2D eigenvalue weighted by molar-refractivity contribution is -0.386. The van der Waals surface area contributed by atoms with Crippen molar-refractivity contribution in [3.8, 4) is 5.75 Å². The fraction of sp³-hybridized carbons (Fsp3) is 0.158. The van der Waals surface area contributed by atoms with Crippen LogP contribution in [0.15, 0.2) is 54.6 Å². The number of ether oxygens (including phenoxy) is 2. The molecule has 0 atom stereocenters. The molecule has 2 rings (SSSR count). The Kier molecular flexibility index (Phi) is 6.65. The SMILES string of the molecule is CCOC(=O)C(=O)/C=C(\O)c1ccc(OCc2ccccc2)c([N+](=O)[O-])c1. The third kappa shape index (κ3) is 5.40. The van der Waals surface area contributed by atoms with Gasteiger partial charge in [-0.15, -0.1) is 0 Å². The Balaban J connectivity index is 2.22. The van der Waals surface area contributed by atoms with Crippen molar-refractivity contribution in [2.24, 2.45) is 0 Å². The van der Waals surface area contributed by atoms with Crippen LogP contribution in [0.4, 0.5) is 5.69 Å². The Labute approximate surface area is 154 Å². The molecule has 0 aromatic heterocycles. The van der Waals surface area contributed by atoms with Gasteiger partial charge in [-0.2, -0.15) is 0 Å². The first kappa shape index (κ1) is 19.6. The summed E-state index contributed by atoms with van der Waals surface area (Å²) in [6.45, 7) is 1.68. The van der Waals surface area contributed by atoms with Crippen molar-refractivity contribution in [1.29, 1.82) is 0 Å². The summed E-state index contributed by atoms with van der Waals surface area (Å²) in [4.78, 5) is 33.5. The van der Waals surface area contributed by atoms with Gasteiger partial charge in [-0.1, -0.05) is 30.3 Å². The first-order valence-corrected chi connectivity index (χ1v) is 7.99. The van der Waals surface area contributed by atoms with Gasteiger partial charge in [0, 0.05) is 17.7 Å². The van der Waals surface area contributed by atoms with E-state index in [0.717, 1.165) is 11.6 Å². The minimum absolute atomic E-state index is 0.00795. The molecule has 0 amide bonds. The number of ketones is 1. The van der Waals surface area contributed by atoms with Crippen molar-refractivity contribution in [2.45, 2.75) is 13.5 Å². The maximum Gasteiger partial charge on any atom is 0.379 e. The third-order valence-electron chi connectivity index (χ3n) is 3.43. The van der Waals surface area contributed by atoms with Crippen molar-refractivity contribution < 1.29 is 29.1 Å². The van der Waals surface area contributed by atoms with Crippen LogP contribution in [-0.2, 0) is 20.9 Å². The summed E-state index contributed by atoms with van der Waals surface area (Å²) in [6.07, 6.45) is 0.654. The summed E-state index contributed by atoms with van der Waals surface area (Å²) in [5.41, 5.74) is 0.442. The molecule has 0 heterocycles. The molecule has 0 unspecified atom stereocenters. The predicted molar refractivity (Wildman–Crippen MR) is 96.1 cm³/mol. The van der Waals surface area contributed by atoms with Crippen molar-refractivity contribution in [3.63, 3.8) is 0 Å². The summed E-state index contributed by atoms with van der Waals surface area (Å²) in [5, 5.41) is 21.3. The molecule has 140 valence electrons. The fourth-order valence-corrected chi connectivity index (χ4v) is 2.15. The average molecular weight is 371 g/mol. The smallest absolute Gasteiger partial charge is 0.379 e. The lowest BCUT2D eigenvalue weighted by atomic mass is 10.1. The molecule has 27 heavy (non-hydrogen) atoms. The number of nitro benzene ring substituents is 1. The van der Waals surface area contributed by atoms with E-state index in [2.05, 4.69) is 4.74 Å². The minimum Gasteiger partial charge on any atom is -0.507 e. The Morgan fingerprint density at radius 1 is 1.19 bits per heavy atom. The molecule has 8 heteroatoms. The van der Waals surface area contributed by atoms with E-state index in [1.54, 1.807) is 0 Å². The molecule has 0 saturated heterocycles. The van der Waals surface area contributed by atoms with Crippen LogP contribution in [0, 0.1) is 10.1 Å². The van der Waals surface area contributed by atoms with Gasteiger partial charge in [0.2, 0.25) is 0 Å². The van der Waals surface area contributed by atoms with Crippen molar-refractivity contribution in [3.05, 3.63) is 75.8 Å². The van der Waals surface area contributed by atoms with Crippen LogP contribution in [0.2, 0.25) is 0 Å². The molecule has 0 aliphatic heterocycles. The first-order valence-electron chi connectivity index (χ1n) is 7.99. The van der Waals surface area contributed by atoms with Crippen LogP contribution in [-0.4, -0.2) is 28.4 Å². The summed E-state index contributed by atoms with van der Waals surface area (Å²) in [5.74, 6) is -2.77. The van der Waals surface area contributed by atoms with Gasteiger partial charge in [-0.25, -0.2) is 4.79 Å². The molecule has 1 N–H and O–H groups in total. The second kappa shape index (κ2) is 9.14. The van der Waals surface area contributed by atoms with E-state index in [0.29, 0.717) is 6.08 Å². The highest BCUT2D eigenvalue weighted by atomic mass is 16.6. The zero-order valence-corrected chi connectivity index (χ0v) is 14.5. The number of carbonyl (C=O) groups excluding carboxylic acids is 2. The first-order chi connectivity index (χ1) is 12.9. The van der Waals surface area contributed by atoms with Gasteiger partial charge in [0.15, 0.2) is 5.75 Å². The maximum absolute atomic E-state index is 11.6. The van der Waals surface area contributed by atoms with Gasteiger partial charge in [0.1, 0.15) is 12.4 Å². The molecule has 0 aliphatic carbocycles. The van der Waals surface area contributed by atoms with Crippen LogP contribution in [0.3, 0.4) is 0 Å². The van der Waals surface area contributed by atoms with Gasteiger partial charge in [0.05, 0.1) is 11.5 Å². The molecule has 2 aromatic rings. The van der Waals surface area contributed by atoms with Crippen LogP contribution in [0.1, 0.15) is 18.1 Å². The van der Waals surface area contributed by atoms with Gasteiger partial charge in [-0.05, 0) is 24.6 Å². The normalized spacial score (nSPS) is 10.9. The number of rotatable bonds is 8. The molecule has 0 radical (unpaired) electrons. The lowest BCUT2D eigenvalue weighted by Gasteiger charge is -2.08. The zero-order chi connectivity index (χ0) is 19.8. The Morgan fingerprint density at radius 3 is 2.52 bits per heavy atom. The molecule has 2 aromatic carbocycles. The molecule has 0 saturated carbocycles. The Hall–Kier alpha value is -3.68. The van der Waals surface area contributed by atoms with E-state index in [1.165, 1.54) is 19.1 Å². The van der Waals surface area contributed by atoms with Gasteiger partial charge in [-0.3, -0.25) is 14.9 Å². The van der Waals surface area contributed by atoms with Crippen LogP contribution in [0.25, 0.3) is 5.76 Å². The summed E-state index contributed by atoms with van der Waals surface area (Å²) < 4.78 is 10.0. The number of aliphatic hydroxyl groups excluding tert-OH is 1. The highest BCUT2D eigenvalue weighted by molar-refractivity contribution is 6.39. The number of esters is 1. The molecule has 0 fully saturated rings. The number of nitrogens with zero attached hydrogens (tertiary/aromatic N) is 1. The topological polar surface area (TPSA) is 116 Å². The second-order valence-corrected chi connectivity index (χ2v) is 5.33. The van der Waals surface area contributed by atoms with Crippen LogP contribution < -0.4 is 4.74 Å². The van der Waals surface area contributed by atoms with Crippen molar-refractivity contribution in [2.75, 3.05) is 6.61 Å². The largest absolute Gasteiger partial charge is 0.507 e. The molecule has 0 bridgehead atoms. The van der Waals surface area contributed by atoms with Crippen molar-refractivity contribution in [1.82, 2.24) is 0 Å². The van der Waals surface area contributed by atoms with E-state index in [4.69, 9.17) is 4.74 Å². The molecular weight excluding hydrogens is 354 g/mol. The Bertz CT molecular complexity index is 875. The highest BCUT2D eigenvalue weighted by Gasteiger charge is 2.19. The van der Waals surface area contributed by atoms with E-state index >= 15 is 0 Å². The number of nitro groups is 1. The number of carbonyl (C=O) groups is 2. The molecule has 0 spiro atoms. The number of benzene rings is 2. The van der Waals surface area contributed by atoms with Crippen LogP contribution in [0.5, 0.6) is 5.75 Å². The lowest BCUT2D eigenvalue weighted by Crippen LogP contribution is -2.15. The summed E-state index contributed by atoms with van der Waals surface area (Å²) in [7, 11) is 0. The van der Waals surface area contributed by atoms with E-state index in [1.807, 2.05) is 30.3 Å². The standard InChI is InChI=1S/C19H17NO7/c1-2-26-19(23)17(22)11-16(21)14-8-9-18(15(10-14)20(24)25)27-12-13-6-4-3-5-7-13/h3-11,21H,2,12H2,1H3/b16-11-. The quantitative estimate of drug-likeness (QED) is 0.189. The average Bonchev–Trinajstić information content (AvgIpc) is 2.67. The fourth-order valence-electron chi connectivity index (χ4n) is 2.15. The number of hydrogen-bond acceptors (Lipinski definition) is 7. The predicted octanol–water partition coefficient (Wildman–Crippen LogP) is 3.20. The maximum atomic E-state index is 11.6. The number of aliphatic hydroxyl groups is 1. The third-order valence-corrected chi connectivity index (χ3v) is 3.43.